The highest BCUT2D eigenvalue weighted by Crippen LogP contribution is 2.29. The van der Waals surface area contributed by atoms with E-state index in [9.17, 15) is 4.39 Å². The fourth-order valence-corrected chi connectivity index (χ4v) is 3.43. The Morgan fingerprint density at radius 2 is 2.05 bits per heavy atom. The number of halogens is 1. The molecule has 1 N–H and O–H groups in total. The number of nitrogens with one attached hydrogen (secondary N) is 1. The summed E-state index contributed by atoms with van der Waals surface area (Å²) >= 11 is 2.82. The molecule has 0 saturated heterocycles. The van der Waals surface area contributed by atoms with Gasteiger partial charge < -0.3 is 5.32 Å². The molecule has 1 atom stereocenters. The average molecular weight is 333 g/mol. The topological polar surface area (TPSA) is 85.4 Å². The van der Waals surface area contributed by atoms with E-state index in [1.165, 1.54) is 35.2 Å². The van der Waals surface area contributed by atoms with E-state index in [4.69, 9.17) is 10.5 Å². The van der Waals surface area contributed by atoms with Crippen LogP contribution >= 0.6 is 23.1 Å². The third kappa shape index (κ3) is 4.99. The second kappa shape index (κ2) is 8.32. The monoisotopic (exact) mass is 333 g/mol. The standard InChI is InChI=1S/C14H12FN5S2/c15-11-3-5-12(6-4-11)18-13-19-20-14(22-13)21-9-10(8-17)2-1-7-16/h3-6,10H,1-2,9H2,(H,18,19)/t10-/m0/s1. The minimum Gasteiger partial charge on any atom is -0.330 e. The number of thioether (sulfide) groups is 1. The van der Waals surface area contributed by atoms with E-state index in [0.717, 1.165) is 10.0 Å². The highest BCUT2D eigenvalue weighted by atomic mass is 32.2. The average Bonchev–Trinajstić information content (AvgIpc) is 2.97. The van der Waals surface area contributed by atoms with Crippen LogP contribution in [0.15, 0.2) is 28.6 Å². The van der Waals surface area contributed by atoms with E-state index >= 15 is 0 Å². The summed E-state index contributed by atoms with van der Waals surface area (Å²) in [6.07, 6.45) is 0.950. The normalized spacial score (nSPS) is 11.4. The lowest BCUT2D eigenvalue weighted by Crippen LogP contribution is -1.99. The summed E-state index contributed by atoms with van der Waals surface area (Å²) < 4.78 is 13.6. The summed E-state index contributed by atoms with van der Waals surface area (Å²) in [6.45, 7) is 0. The quantitative estimate of drug-likeness (QED) is 0.772. The second-order valence-electron chi connectivity index (χ2n) is 4.34. The number of benzene rings is 1. The van der Waals surface area contributed by atoms with Gasteiger partial charge in [0, 0.05) is 17.9 Å². The van der Waals surface area contributed by atoms with Crippen molar-refractivity contribution in [3.05, 3.63) is 30.1 Å². The van der Waals surface area contributed by atoms with Gasteiger partial charge in [-0.05, 0) is 30.7 Å². The third-order valence-corrected chi connectivity index (χ3v) is 4.83. The van der Waals surface area contributed by atoms with Crippen LogP contribution in [0.5, 0.6) is 0 Å². The van der Waals surface area contributed by atoms with Crippen molar-refractivity contribution in [2.24, 2.45) is 5.92 Å². The lowest BCUT2D eigenvalue weighted by molar-refractivity contribution is 0.628. The number of rotatable bonds is 7. The van der Waals surface area contributed by atoms with Gasteiger partial charge in [0.05, 0.1) is 18.1 Å². The Morgan fingerprint density at radius 1 is 1.27 bits per heavy atom. The summed E-state index contributed by atoms with van der Waals surface area (Å²) in [4.78, 5) is 0. The zero-order chi connectivity index (χ0) is 15.8. The fourth-order valence-electron chi connectivity index (χ4n) is 1.57. The van der Waals surface area contributed by atoms with Crippen LogP contribution in [0.2, 0.25) is 0 Å². The number of hydrogen-bond acceptors (Lipinski definition) is 7. The predicted molar refractivity (Wildman–Crippen MR) is 84.3 cm³/mol. The van der Waals surface area contributed by atoms with Gasteiger partial charge in [-0.1, -0.05) is 23.1 Å². The number of anilines is 2. The van der Waals surface area contributed by atoms with Crippen LogP contribution in [-0.2, 0) is 0 Å². The molecule has 1 heterocycles. The molecular weight excluding hydrogens is 321 g/mol. The smallest absolute Gasteiger partial charge is 0.210 e. The largest absolute Gasteiger partial charge is 0.330 e. The first kappa shape index (κ1) is 16.2. The summed E-state index contributed by atoms with van der Waals surface area (Å²) in [5.74, 6) is 0.129. The summed E-state index contributed by atoms with van der Waals surface area (Å²) in [5.41, 5.74) is 0.734. The van der Waals surface area contributed by atoms with Gasteiger partial charge in [0.15, 0.2) is 4.34 Å². The molecule has 0 saturated carbocycles. The molecule has 8 heteroatoms. The van der Waals surface area contributed by atoms with E-state index in [1.807, 2.05) is 6.07 Å². The van der Waals surface area contributed by atoms with E-state index < -0.39 is 0 Å². The molecule has 1 aromatic heterocycles. The maximum absolute atomic E-state index is 12.8. The molecular formula is C14H12FN5S2. The van der Waals surface area contributed by atoms with E-state index in [1.54, 1.807) is 12.1 Å². The van der Waals surface area contributed by atoms with Gasteiger partial charge in [-0.25, -0.2) is 4.39 Å². The van der Waals surface area contributed by atoms with E-state index in [0.29, 0.717) is 23.7 Å². The summed E-state index contributed by atoms with van der Waals surface area (Å²) in [5, 5.41) is 29.2. The molecule has 0 radical (unpaired) electrons. The fraction of sp³-hybridized carbons (Fsp3) is 0.286. The molecule has 1 aromatic carbocycles. The maximum atomic E-state index is 12.8. The molecule has 22 heavy (non-hydrogen) atoms. The van der Waals surface area contributed by atoms with Crippen LogP contribution in [0, 0.1) is 34.4 Å². The number of nitrogens with zero attached hydrogens (tertiary/aromatic N) is 4. The van der Waals surface area contributed by atoms with Crippen LogP contribution in [0.3, 0.4) is 0 Å². The number of nitriles is 2. The minimum atomic E-state index is -0.293. The van der Waals surface area contributed by atoms with Crippen molar-refractivity contribution in [2.45, 2.75) is 17.2 Å². The molecule has 5 nitrogen and oxygen atoms in total. The first-order valence-corrected chi connectivity index (χ1v) is 8.27. The Labute approximate surface area is 135 Å². The van der Waals surface area contributed by atoms with Crippen molar-refractivity contribution in [1.29, 1.82) is 10.5 Å². The van der Waals surface area contributed by atoms with Gasteiger partial charge in [0.1, 0.15) is 5.82 Å². The van der Waals surface area contributed by atoms with Gasteiger partial charge in [0.25, 0.3) is 0 Å². The van der Waals surface area contributed by atoms with E-state index in [2.05, 4.69) is 21.6 Å². The first-order chi connectivity index (χ1) is 10.7. The lowest BCUT2D eigenvalue weighted by Gasteiger charge is -2.03. The molecule has 0 aliphatic rings. The second-order valence-corrected chi connectivity index (χ2v) is 6.58. The van der Waals surface area contributed by atoms with Crippen molar-refractivity contribution in [2.75, 3.05) is 11.1 Å². The minimum absolute atomic E-state index is 0.165. The predicted octanol–water partition coefficient (Wildman–Crippen LogP) is 3.96. The molecule has 2 rings (SSSR count). The molecule has 0 spiro atoms. The molecule has 0 bridgehead atoms. The zero-order valence-electron chi connectivity index (χ0n) is 11.5. The third-order valence-electron chi connectivity index (χ3n) is 2.70. The van der Waals surface area contributed by atoms with E-state index in [-0.39, 0.29) is 11.7 Å². The van der Waals surface area contributed by atoms with Gasteiger partial charge >= 0.3 is 0 Å². The van der Waals surface area contributed by atoms with Gasteiger partial charge in [-0.3, -0.25) is 0 Å². The molecule has 0 aliphatic heterocycles. The zero-order valence-corrected chi connectivity index (χ0v) is 13.1. The van der Waals surface area contributed by atoms with Crippen LogP contribution < -0.4 is 5.32 Å². The van der Waals surface area contributed by atoms with Crippen LogP contribution in [0.25, 0.3) is 0 Å². The Hall–Kier alpha value is -2.16. The van der Waals surface area contributed by atoms with Crippen LogP contribution in [0.4, 0.5) is 15.2 Å². The van der Waals surface area contributed by atoms with Gasteiger partial charge in [0.2, 0.25) is 5.13 Å². The molecule has 0 fully saturated rings. The highest BCUT2D eigenvalue weighted by molar-refractivity contribution is 8.01. The maximum Gasteiger partial charge on any atom is 0.210 e. The Balaban J connectivity index is 1.87. The van der Waals surface area contributed by atoms with Crippen LogP contribution in [0.1, 0.15) is 12.8 Å². The molecule has 112 valence electrons. The van der Waals surface area contributed by atoms with Crippen molar-refractivity contribution in [1.82, 2.24) is 10.2 Å². The Morgan fingerprint density at radius 3 is 2.73 bits per heavy atom. The van der Waals surface area contributed by atoms with Crippen molar-refractivity contribution >= 4 is 33.9 Å². The van der Waals surface area contributed by atoms with Crippen molar-refractivity contribution in [3.63, 3.8) is 0 Å². The molecule has 0 aliphatic carbocycles. The van der Waals surface area contributed by atoms with Gasteiger partial charge in [-0.15, -0.1) is 10.2 Å². The Bertz CT molecular complexity index is 686. The first-order valence-electron chi connectivity index (χ1n) is 6.46. The SMILES string of the molecule is N#CCC[C@@H](C#N)CSc1nnc(Nc2ccc(F)cc2)s1. The Kier molecular flexibility index (Phi) is 6.13. The van der Waals surface area contributed by atoms with Gasteiger partial charge in [-0.2, -0.15) is 10.5 Å². The molecule has 0 unspecified atom stereocenters. The van der Waals surface area contributed by atoms with Crippen molar-refractivity contribution in [3.8, 4) is 12.1 Å². The van der Waals surface area contributed by atoms with Crippen LogP contribution in [-0.4, -0.2) is 16.0 Å². The van der Waals surface area contributed by atoms with Crippen molar-refractivity contribution < 1.29 is 4.39 Å². The highest BCUT2D eigenvalue weighted by Gasteiger charge is 2.11. The summed E-state index contributed by atoms with van der Waals surface area (Å²) in [7, 11) is 0. The number of aromatic nitrogens is 2. The lowest BCUT2D eigenvalue weighted by atomic mass is 10.1. The molecule has 2 aromatic rings. The molecule has 0 amide bonds. The summed E-state index contributed by atoms with van der Waals surface area (Å²) in [6, 6.07) is 10.2. The number of hydrogen-bond donors (Lipinski definition) is 1.